The van der Waals surface area contributed by atoms with Gasteiger partial charge in [-0.2, -0.15) is 5.26 Å². The summed E-state index contributed by atoms with van der Waals surface area (Å²) in [4.78, 5) is 10.4. The van der Waals surface area contributed by atoms with E-state index >= 15 is 0 Å². The van der Waals surface area contributed by atoms with E-state index in [0.717, 1.165) is 12.0 Å². The van der Waals surface area contributed by atoms with Gasteiger partial charge in [0.25, 0.3) is 5.69 Å². The van der Waals surface area contributed by atoms with E-state index in [-0.39, 0.29) is 10.5 Å². The van der Waals surface area contributed by atoms with Gasteiger partial charge in [-0.25, -0.2) is 0 Å². The third-order valence-electron chi connectivity index (χ3n) is 2.59. The van der Waals surface area contributed by atoms with Crippen LogP contribution in [-0.4, -0.2) is 9.75 Å². The topological polar surface area (TPSA) is 66.9 Å². The van der Waals surface area contributed by atoms with Crippen LogP contribution in [0, 0.1) is 27.4 Å². The quantitative estimate of drug-likeness (QED) is 0.471. The lowest BCUT2D eigenvalue weighted by Crippen LogP contribution is -2.08. The molecule has 0 aliphatic heterocycles. The first kappa shape index (κ1) is 14.7. The third kappa shape index (κ3) is 4.11. The molecule has 96 valence electrons. The molecule has 1 aromatic rings. The molecule has 1 unspecified atom stereocenters. The Balaban J connectivity index is 2.90. The van der Waals surface area contributed by atoms with Crippen LogP contribution in [-0.2, 0) is 6.42 Å². The largest absolute Gasteiger partial charge is 0.270 e. The van der Waals surface area contributed by atoms with Crippen molar-refractivity contribution in [1.82, 2.24) is 0 Å². The number of benzene rings is 1. The van der Waals surface area contributed by atoms with Crippen LogP contribution in [0.25, 0.3) is 0 Å². The van der Waals surface area contributed by atoms with Gasteiger partial charge >= 0.3 is 0 Å². The molecular formula is C13H15BrN2O2. The first-order chi connectivity index (χ1) is 8.43. The van der Waals surface area contributed by atoms with Gasteiger partial charge in [-0.1, -0.05) is 35.8 Å². The van der Waals surface area contributed by atoms with Crippen LogP contribution < -0.4 is 0 Å². The molecule has 0 saturated carbocycles. The molecule has 1 aromatic carbocycles. The first-order valence-electron chi connectivity index (χ1n) is 5.75. The maximum atomic E-state index is 10.6. The number of nitro groups is 1. The van der Waals surface area contributed by atoms with Crippen LogP contribution in [0.1, 0.15) is 31.4 Å². The molecule has 1 atom stereocenters. The lowest BCUT2D eigenvalue weighted by Gasteiger charge is -2.13. The third-order valence-corrected chi connectivity index (χ3v) is 3.29. The maximum Gasteiger partial charge on any atom is 0.270 e. The second-order valence-corrected chi connectivity index (χ2v) is 5.94. The molecule has 18 heavy (non-hydrogen) atoms. The highest BCUT2D eigenvalue weighted by Crippen LogP contribution is 2.23. The first-order valence-corrected chi connectivity index (χ1v) is 6.67. The summed E-state index contributed by atoms with van der Waals surface area (Å²) in [6.07, 6.45) is 1.71. The number of hydrogen-bond donors (Lipinski definition) is 0. The normalized spacial score (nSPS) is 12.2. The second kappa shape index (κ2) is 6.50. The highest BCUT2D eigenvalue weighted by Gasteiger charge is 2.14. The predicted octanol–water partition coefficient (Wildman–Crippen LogP) is 3.82. The summed E-state index contributed by atoms with van der Waals surface area (Å²) in [5.41, 5.74) is 1.20. The molecule has 4 nitrogen and oxygen atoms in total. The Morgan fingerprint density at radius 3 is 2.67 bits per heavy atom. The summed E-state index contributed by atoms with van der Waals surface area (Å²) in [6, 6.07) is 6.48. The van der Waals surface area contributed by atoms with E-state index in [2.05, 4.69) is 29.8 Å². The minimum atomic E-state index is -0.482. The molecule has 0 aliphatic carbocycles. The smallest absolute Gasteiger partial charge is 0.258 e. The molecule has 0 aliphatic rings. The number of halogens is 1. The van der Waals surface area contributed by atoms with Crippen LogP contribution in [0.2, 0.25) is 0 Å². The number of rotatable bonds is 5. The number of alkyl halides is 1. The van der Waals surface area contributed by atoms with Crippen molar-refractivity contribution in [2.45, 2.75) is 31.5 Å². The summed E-state index contributed by atoms with van der Waals surface area (Å²) >= 11 is 3.58. The van der Waals surface area contributed by atoms with Crippen molar-refractivity contribution in [3.05, 3.63) is 39.4 Å². The Labute approximate surface area is 115 Å². The van der Waals surface area contributed by atoms with Gasteiger partial charge in [-0.3, -0.25) is 10.1 Å². The van der Waals surface area contributed by atoms with E-state index in [0.29, 0.717) is 17.9 Å². The molecule has 0 aromatic heterocycles. The van der Waals surface area contributed by atoms with E-state index in [1.54, 1.807) is 6.07 Å². The van der Waals surface area contributed by atoms with Crippen LogP contribution in [0.4, 0.5) is 5.69 Å². The van der Waals surface area contributed by atoms with Gasteiger partial charge in [0.15, 0.2) is 0 Å². The Hall–Kier alpha value is -1.41. The van der Waals surface area contributed by atoms with Gasteiger partial charge in [0.1, 0.15) is 0 Å². The lowest BCUT2D eigenvalue weighted by atomic mass is 9.99. The van der Waals surface area contributed by atoms with Crippen LogP contribution in [0.15, 0.2) is 18.2 Å². The van der Waals surface area contributed by atoms with Gasteiger partial charge < -0.3 is 0 Å². The van der Waals surface area contributed by atoms with Crippen LogP contribution >= 0.6 is 15.9 Å². The zero-order valence-electron chi connectivity index (χ0n) is 10.4. The lowest BCUT2D eigenvalue weighted by molar-refractivity contribution is -0.384. The molecule has 0 saturated heterocycles. The molecule has 0 fully saturated rings. The van der Waals surface area contributed by atoms with Crippen molar-refractivity contribution < 1.29 is 4.92 Å². The number of nitro benzene ring substituents is 1. The van der Waals surface area contributed by atoms with E-state index < -0.39 is 4.92 Å². The molecule has 0 radical (unpaired) electrons. The van der Waals surface area contributed by atoms with E-state index in [4.69, 9.17) is 5.26 Å². The minimum absolute atomic E-state index is 0.0368. The number of hydrogen-bond acceptors (Lipinski definition) is 3. The SMILES string of the molecule is CC(C)CC(Br)Cc1ccc([N+](=O)[O-])cc1C#N. The standard InChI is InChI=1S/C13H15BrN2O2/c1-9(2)5-12(14)6-10-3-4-13(16(17)18)7-11(10)8-15/h3-4,7,9,12H,5-6H2,1-2H3. The number of nitriles is 1. The van der Waals surface area contributed by atoms with Crippen molar-refractivity contribution >= 4 is 21.6 Å². The van der Waals surface area contributed by atoms with Crippen molar-refractivity contribution in [3.63, 3.8) is 0 Å². The highest BCUT2D eigenvalue weighted by molar-refractivity contribution is 9.09. The molecule has 5 heteroatoms. The zero-order chi connectivity index (χ0) is 13.7. The van der Waals surface area contributed by atoms with E-state index in [1.165, 1.54) is 12.1 Å². The Kier molecular flexibility index (Phi) is 5.29. The van der Waals surface area contributed by atoms with Gasteiger partial charge in [0, 0.05) is 17.0 Å². The fourth-order valence-electron chi connectivity index (χ4n) is 1.79. The Bertz CT molecular complexity index is 480. The Morgan fingerprint density at radius 2 is 2.17 bits per heavy atom. The molecule has 1 rings (SSSR count). The average molecular weight is 311 g/mol. The average Bonchev–Trinajstić information content (AvgIpc) is 2.27. The molecule has 0 N–H and O–H groups in total. The summed E-state index contributed by atoms with van der Waals surface area (Å²) in [6.45, 7) is 4.27. The molecule has 0 bridgehead atoms. The fraction of sp³-hybridized carbons (Fsp3) is 0.462. The van der Waals surface area contributed by atoms with E-state index in [9.17, 15) is 10.1 Å². The van der Waals surface area contributed by atoms with Crippen molar-refractivity contribution in [2.75, 3.05) is 0 Å². The van der Waals surface area contributed by atoms with Gasteiger partial charge in [-0.05, 0) is 24.3 Å². The summed E-state index contributed by atoms with van der Waals surface area (Å²) in [5, 5.41) is 19.7. The minimum Gasteiger partial charge on any atom is -0.258 e. The summed E-state index contributed by atoms with van der Waals surface area (Å²) in [5.74, 6) is 0.568. The van der Waals surface area contributed by atoms with E-state index in [1.807, 2.05) is 6.07 Å². The summed E-state index contributed by atoms with van der Waals surface area (Å²) < 4.78 is 0. The zero-order valence-corrected chi connectivity index (χ0v) is 12.0. The predicted molar refractivity (Wildman–Crippen MR) is 73.7 cm³/mol. The highest BCUT2D eigenvalue weighted by atomic mass is 79.9. The Morgan fingerprint density at radius 1 is 1.50 bits per heavy atom. The molecular weight excluding hydrogens is 296 g/mol. The second-order valence-electron chi connectivity index (χ2n) is 4.64. The van der Waals surface area contributed by atoms with Crippen molar-refractivity contribution in [2.24, 2.45) is 5.92 Å². The number of non-ortho nitro benzene ring substituents is 1. The molecule has 0 spiro atoms. The summed E-state index contributed by atoms with van der Waals surface area (Å²) in [7, 11) is 0. The van der Waals surface area contributed by atoms with Crippen LogP contribution in [0.5, 0.6) is 0 Å². The monoisotopic (exact) mass is 310 g/mol. The van der Waals surface area contributed by atoms with Gasteiger partial charge in [0.2, 0.25) is 0 Å². The van der Waals surface area contributed by atoms with Crippen molar-refractivity contribution in [1.29, 1.82) is 5.26 Å². The van der Waals surface area contributed by atoms with Crippen LogP contribution in [0.3, 0.4) is 0 Å². The van der Waals surface area contributed by atoms with Crippen molar-refractivity contribution in [3.8, 4) is 6.07 Å². The van der Waals surface area contributed by atoms with Gasteiger partial charge in [0.05, 0.1) is 16.6 Å². The fourth-order valence-corrected chi connectivity index (χ4v) is 2.89. The maximum absolute atomic E-state index is 10.6. The number of nitrogens with zero attached hydrogens (tertiary/aromatic N) is 2. The molecule has 0 amide bonds. The molecule has 0 heterocycles. The van der Waals surface area contributed by atoms with Gasteiger partial charge in [-0.15, -0.1) is 0 Å².